The van der Waals surface area contributed by atoms with Crippen molar-refractivity contribution < 1.29 is 0 Å². The summed E-state index contributed by atoms with van der Waals surface area (Å²) in [6.07, 6.45) is 8.37. The number of benzene rings is 1. The second kappa shape index (κ2) is 8.39. The molecule has 2 N–H and O–H groups in total. The molecule has 0 spiro atoms. The summed E-state index contributed by atoms with van der Waals surface area (Å²) in [5, 5.41) is 7.48. The third-order valence-electron chi connectivity index (χ3n) is 4.58. The zero-order chi connectivity index (χ0) is 18.6. The minimum atomic E-state index is 0.437. The van der Waals surface area contributed by atoms with Crippen LogP contribution in [0, 0.1) is 3.57 Å². The van der Waals surface area contributed by atoms with Gasteiger partial charge in [-0.3, -0.25) is 4.98 Å². The quantitative estimate of drug-likeness (QED) is 0.436. The predicted molar refractivity (Wildman–Crippen MR) is 119 cm³/mol. The highest BCUT2D eigenvalue weighted by atomic mass is 127. The second-order valence-electron chi connectivity index (χ2n) is 6.57. The number of anilines is 3. The number of hydrogen-bond acceptors (Lipinski definition) is 5. The molecular formula is C20H19ClIN5. The van der Waals surface area contributed by atoms with Gasteiger partial charge in [0.25, 0.3) is 0 Å². The van der Waals surface area contributed by atoms with Crippen LogP contribution in [0.15, 0.2) is 48.8 Å². The van der Waals surface area contributed by atoms with E-state index in [1.807, 2.05) is 36.4 Å². The second-order valence-corrected chi connectivity index (χ2v) is 8.23. The van der Waals surface area contributed by atoms with E-state index in [1.54, 1.807) is 12.4 Å². The SMILES string of the molecule is Clc1cc(I)ccc1Nc1cc(-c2ccncc2)nc(NC2CCCC2)n1. The average molecular weight is 492 g/mol. The number of aromatic nitrogens is 3. The van der Waals surface area contributed by atoms with Crippen LogP contribution in [0.2, 0.25) is 5.02 Å². The fraction of sp³-hybridized carbons (Fsp3) is 0.250. The van der Waals surface area contributed by atoms with E-state index < -0.39 is 0 Å². The molecule has 4 rings (SSSR count). The maximum atomic E-state index is 6.38. The molecule has 0 unspecified atom stereocenters. The van der Waals surface area contributed by atoms with Gasteiger partial charge in [0.05, 0.1) is 16.4 Å². The van der Waals surface area contributed by atoms with Gasteiger partial charge < -0.3 is 10.6 Å². The fourth-order valence-corrected chi connectivity index (χ4v) is 4.13. The smallest absolute Gasteiger partial charge is 0.225 e. The lowest BCUT2D eigenvalue weighted by atomic mass is 10.2. The lowest BCUT2D eigenvalue weighted by molar-refractivity contribution is 0.744. The molecular weight excluding hydrogens is 473 g/mol. The largest absolute Gasteiger partial charge is 0.351 e. The van der Waals surface area contributed by atoms with Crippen molar-refractivity contribution >= 4 is 51.6 Å². The molecule has 1 aromatic carbocycles. The molecule has 2 aromatic heterocycles. The summed E-state index contributed by atoms with van der Waals surface area (Å²) < 4.78 is 1.09. The molecule has 0 bridgehead atoms. The molecule has 1 aliphatic carbocycles. The maximum Gasteiger partial charge on any atom is 0.225 e. The predicted octanol–water partition coefficient (Wildman–Crippen LogP) is 5.89. The van der Waals surface area contributed by atoms with Gasteiger partial charge in [-0.1, -0.05) is 24.4 Å². The molecule has 1 aliphatic rings. The fourth-order valence-electron chi connectivity index (χ4n) is 3.23. The van der Waals surface area contributed by atoms with Gasteiger partial charge >= 0.3 is 0 Å². The van der Waals surface area contributed by atoms with Crippen molar-refractivity contribution in [1.82, 2.24) is 15.0 Å². The average Bonchev–Trinajstić information content (AvgIpc) is 3.18. The molecule has 2 heterocycles. The van der Waals surface area contributed by atoms with E-state index in [0.717, 1.165) is 33.4 Å². The number of halogens is 2. The van der Waals surface area contributed by atoms with Gasteiger partial charge in [-0.25, -0.2) is 4.98 Å². The molecule has 0 aliphatic heterocycles. The van der Waals surface area contributed by atoms with Crippen LogP contribution in [0.5, 0.6) is 0 Å². The first-order valence-electron chi connectivity index (χ1n) is 8.95. The van der Waals surface area contributed by atoms with Crippen LogP contribution >= 0.6 is 34.2 Å². The third kappa shape index (κ3) is 4.68. The van der Waals surface area contributed by atoms with Crippen LogP contribution in [0.4, 0.5) is 17.5 Å². The van der Waals surface area contributed by atoms with Crippen LogP contribution in [-0.2, 0) is 0 Å². The summed E-state index contributed by atoms with van der Waals surface area (Å²) >= 11 is 8.62. The summed E-state index contributed by atoms with van der Waals surface area (Å²) in [7, 11) is 0. The Kier molecular flexibility index (Phi) is 5.73. The van der Waals surface area contributed by atoms with E-state index in [1.165, 1.54) is 12.8 Å². The van der Waals surface area contributed by atoms with Gasteiger partial charge in [-0.2, -0.15) is 4.98 Å². The zero-order valence-electron chi connectivity index (χ0n) is 14.6. The summed E-state index contributed by atoms with van der Waals surface area (Å²) in [6, 6.07) is 12.2. The molecule has 1 fully saturated rings. The molecule has 0 radical (unpaired) electrons. The number of nitrogens with zero attached hydrogens (tertiary/aromatic N) is 3. The topological polar surface area (TPSA) is 62.7 Å². The monoisotopic (exact) mass is 491 g/mol. The normalized spacial score (nSPS) is 14.3. The van der Waals surface area contributed by atoms with Gasteiger partial charge in [-0.05, 0) is 65.8 Å². The lowest BCUT2D eigenvalue weighted by Gasteiger charge is -2.15. The molecule has 5 nitrogen and oxygen atoms in total. The van der Waals surface area contributed by atoms with Gasteiger partial charge in [0, 0.05) is 33.6 Å². The summed E-state index contributed by atoms with van der Waals surface area (Å²) in [5.74, 6) is 1.35. The first-order valence-corrected chi connectivity index (χ1v) is 10.4. The highest BCUT2D eigenvalue weighted by Crippen LogP contribution is 2.29. The van der Waals surface area contributed by atoms with Crippen molar-refractivity contribution in [3.63, 3.8) is 0 Å². The minimum absolute atomic E-state index is 0.437. The Morgan fingerprint density at radius 1 is 1.00 bits per heavy atom. The summed E-state index contributed by atoms with van der Waals surface area (Å²) in [4.78, 5) is 13.5. The number of rotatable bonds is 5. The minimum Gasteiger partial charge on any atom is -0.351 e. The standard InChI is InChI=1S/C20H19ClIN5/c21-16-11-14(22)5-6-17(16)25-19-12-18(13-7-9-23-10-8-13)26-20(27-19)24-15-3-1-2-4-15/h5-12,15H,1-4H2,(H2,24,25,26,27). The van der Waals surface area contributed by atoms with E-state index in [0.29, 0.717) is 22.8 Å². The Labute approximate surface area is 177 Å². The Hall–Kier alpha value is -1.93. The Bertz CT molecular complexity index is 929. The van der Waals surface area contributed by atoms with E-state index in [2.05, 4.69) is 43.2 Å². The van der Waals surface area contributed by atoms with E-state index in [4.69, 9.17) is 16.6 Å². The van der Waals surface area contributed by atoms with Crippen molar-refractivity contribution in [3.05, 3.63) is 57.4 Å². The summed E-state index contributed by atoms with van der Waals surface area (Å²) in [6.45, 7) is 0. The van der Waals surface area contributed by atoms with Crippen LogP contribution in [0.1, 0.15) is 25.7 Å². The molecule has 138 valence electrons. The van der Waals surface area contributed by atoms with Gasteiger partial charge in [-0.15, -0.1) is 0 Å². The van der Waals surface area contributed by atoms with E-state index >= 15 is 0 Å². The molecule has 7 heteroatoms. The maximum absolute atomic E-state index is 6.38. The first kappa shape index (κ1) is 18.4. The van der Waals surface area contributed by atoms with Gasteiger partial charge in [0.15, 0.2) is 0 Å². The molecule has 3 aromatic rings. The molecule has 27 heavy (non-hydrogen) atoms. The summed E-state index contributed by atoms with van der Waals surface area (Å²) in [5.41, 5.74) is 2.67. The number of hydrogen-bond donors (Lipinski definition) is 2. The Morgan fingerprint density at radius 2 is 1.78 bits per heavy atom. The van der Waals surface area contributed by atoms with Crippen LogP contribution in [0.25, 0.3) is 11.3 Å². The lowest BCUT2D eigenvalue weighted by Crippen LogP contribution is -2.17. The van der Waals surface area contributed by atoms with E-state index in [9.17, 15) is 0 Å². The number of nitrogens with one attached hydrogen (secondary N) is 2. The highest BCUT2D eigenvalue weighted by molar-refractivity contribution is 14.1. The van der Waals surface area contributed by atoms with Crippen molar-refractivity contribution in [2.45, 2.75) is 31.7 Å². The van der Waals surface area contributed by atoms with Crippen molar-refractivity contribution in [2.24, 2.45) is 0 Å². The first-order chi connectivity index (χ1) is 13.2. The molecule has 0 atom stereocenters. The zero-order valence-corrected chi connectivity index (χ0v) is 17.5. The van der Waals surface area contributed by atoms with Gasteiger partial charge in [0.2, 0.25) is 5.95 Å². The highest BCUT2D eigenvalue weighted by Gasteiger charge is 2.17. The Morgan fingerprint density at radius 3 is 2.52 bits per heavy atom. The van der Waals surface area contributed by atoms with Crippen LogP contribution < -0.4 is 10.6 Å². The van der Waals surface area contributed by atoms with Crippen molar-refractivity contribution in [1.29, 1.82) is 0 Å². The van der Waals surface area contributed by atoms with Crippen LogP contribution in [0.3, 0.4) is 0 Å². The van der Waals surface area contributed by atoms with E-state index in [-0.39, 0.29) is 0 Å². The van der Waals surface area contributed by atoms with Crippen molar-refractivity contribution in [2.75, 3.05) is 10.6 Å². The molecule has 0 saturated heterocycles. The van der Waals surface area contributed by atoms with Crippen LogP contribution in [-0.4, -0.2) is 21.0 Å². The van der Waals surface area contributed by atoms with Gasteiger partial charge in [0.1, 0.15) is 5.82 Å². The molecule has 0 amide bonds. The third-order valence-corrected chi connectivity index (χ3v) is 5.57. The Balaban J connectivity index is 1.68. The number of pyridine rings is 1. The van der Waals surface area contributed by atoms with Crippen molar-refractivity contribution in [3.8, 4) is 11.3 Å². The molecule has 1 saturated carbocycles.